The van der Waals surface area contributed by atoms with Crippen LogP contribution in [0.4, 0.5) is 0 Å². The lowest BCUT2D eigenvalue weighted by atomic mass is 10.2. The quantitative estimate of drug-likeness (QED) is 0.765. The van der Waals surface area contributed by atoms with Crippen molar-refractivity contribution in [2.24, 2.45) is 0 Å². The van der Waals surface area contributed by atoms with Crippen LogP contribution in [0.25, 0.3) is 0 Å². The van der Waals surface area contributed by atoms with E-state index in [1.54, 1.807) is 24.6 Å². The van der Waals surface area contributed by atoms with E-state index in [1.807, 2.05) is 18.3 Å². The van der Waals surface area contributed by atoms with Crippen LogP contribution >= 0.6 is 0 Å². The second-order valence-electron chi connectivity index (χ2n) is 5.93. The summed E-state index contributed by atoms with van der Waals surface area (Å²) in [6.07, 6.45) is 3.54. The molecule has 1 aromatic heterocycles. The molecule has 2 saturated heterocycles. The van der Waals surface area contributed by atoms with Gasteiger partial charge in [0.2, 0.25) is 0 Å². The minimum Gasteiger partial charge on any atom is -0.374 e. The lowest BCUT2D eigenvalue weighted by Gasteiger charge is -2.37. The van der Waals surface area contributed by atoms with Gasteiger partial charge in [-0.3, -0.25) is 9.88 Å². The van der Waals surface area contributed by atoms with Gasteiger partial charge < -0.3 is 4.74 Å². The minimum absolute atomic E-state index is 0.0554. The van der Waals surface area contributed by atoms with Gasteiger partial charge >= 0.3 is 0 Å². The third-order valence-corrected chi connectivity index (χ3v) is 6.18. The van der Waals surface area contributed by atoms with Crippen molar-refractivity contribution >= 4 is 10.2 Å². The van der Waals surface area contributed by atoms with E-state index in [4.69, 9.17) is 4.74 Å². The average molecular weight is 326 g/mol. The number of nitrogens with zero attached hydrogens (tertiary/aromatic N) is 4. The summed E-state index contributed by atoms with van der Waals surface area (Å²) in [5.41, 5.74) is 1.13. The molecule has 2 atom stereocenters. The van der Waals surface area contributed by atoms with Gasteiger partial charge in [0.1, 0.15) is 0 Å². The number of morpholine rings is 1. The lowest BCUT2D eigenvalue weighted by Crippen LogP contribution is -2.55. The van der Waals surface area contributed by atoms with Crippen LogP contribution in [0, 0.1) is 0 Å². The third-order valence-electron chi connectivity index (χ3n) is 4.21. The predicted octanol–water partition coefficient (Wildman–Crippen LogP) is -0.227. The van der Waals surface area contributed by atoms with Crippen molar-refractivity contribution in [3.8, 4) is 0 Å². The molecule has 122 valence electrons. The number of hydrogen-bond acceptors (Lipinski definition) is 5. The summed E-state index contributed by atoms with van der Waals surface area (Å²) in [6.45, 7) is 3.07. The minimum atomic E-state index is -3.40. The van der Waals surface area contributed by atoms with Gasteiger partial charge in [-0.1, -0.05) is 6.07 Å². The highest BCUT2D eigenvalue weighted by molar-refractivity contribution is 7.86. The molecule has 22 heavy (non-hydrogen) atoms. The molecule has 0 unspecified atom stereocenters. The first-order valence-electron chi connectivity index (χ1n) is 7.40. The Balaban J connectivity index is 1.73. The number of fused-ring (bicyclic) bond motifs is 1. The molecule has 8 heteroatoms. The highest BCUT2D eigenvalue weighted by Crippen LogP contribution is 2.26. The average Bonchev–Trinajstić information content (AvgIpc) is 2.90. The zero-order valence-electron chi connectivity index (χ0n) is 12.9. The smallest absolute Gasteiger partial charge is 0.281 e. The van der Waals surface area contributed by atoms with E-state index in [2.05, 4.69) is 9.88 Å². The number of ether oxygens (including phenoxy) is 1. The second kappa shape index (κ2) is 6.21. The van der Waals surface area contributed by atoms with E-state index in [9.17, 15) is 8.42 Å². The molecule has 3 heterocycles. The maximum absolute atomic E-state index is 12.5. The van der Waals surface area contributed by atoms with Crippen molar-refractivity contribution in [1.29, 1.82) is 0 Å². The summed E-state index contributed by atoms with van der Waals surface area (Å²) in [7, 11) is -0.260. The van der Waals surface area contributed by atoms with E-state index in [0.29, 0.717) is 19.7 Å². The molecule has 0 aromatic carbocycles. The number of hydrogen-bond donors (Lipinski definition) is 0. The van der Waals surface area contributed by atoms with Gasteiger partial charge in [0.25, 0.3) is 10.2 Å². The van der Waals surface area contributed by atoms with Crippen molar-refractivity contribution in [2.45, 2.75) is 18.7 Å². The monoisotopic (exact) mass is 326 g/mol. The zero-order chi connectivity index (χ0) is 15.7. The molecule has 7 nitrogen and oxygen atoms in total. The highest BCUT2D eigenvalue weighted by Gasteiger charge is 2.45. The maximum atomic E-state index is 12.5. The van der Waals surface area contributed by atoms with Gasteiger partial charge in [0.05, 0.1) is 18.8 Å². The highest BCUT2D eigenvalue weighted by atomic mass is 32.2. The summed E-state index contributed by atoms with van der Waals surface area (Å²) in [5.74, 6) is 0. The Morgan fingerprint density at radius 2 is 2.23 bits per heavy atom. The van der Waals surface area contributed by atoms with Crippen LogP contribution in [0.5, 0.6) is 0 Å². The molecule has 0 aliphatic carbocycles. The maximum Gasteiger partial charge on any atom is 0.281 e. The van der Waals surface area contributed by atoms with Crippen molar-refractivity contribution in [3.05, 3.63) is 30.1 Å². The molecule has 0 amide bonds. The molecule has 3 rings (SSSR count). The number of rotatable bonds is 4. The largest absolute Gasteiger partial charge is 0.374 e. The van der Waals surface area contributed by atoms with Crippen LogP contribution in [0.2, 0.25) is 0 Å². The molecular weight excluding hydrogens is 304 g/mol. The molecule has 2 aliphatic rings. The predicted molar refractivity (Wildman–Crippen MR) is 82.4 cm³/mol. The molecule has 2 aliphatic heterocycles. The van der Waals surface area contributed by atoms with Gasteiger partial charge in [0.15, 0.2) is 0 Å². The molecule has 0 bridgehead atoms. The van der Waals surface area contributed by atoms with Gasteiger partial charge in [-0.25, -0.2) is 0 Å². The summed E-state index contributed by atoms with van der Waals surface area (Å²) < 4.78 is 33.6. The molecular formula is C14H22N4O3S. The van der Waals surface area contributed by atoms with Gasteiger partial charge in [-0.2, -0.15) is 17.0 Å². The lowest BCUT2D eigenvalue weighted by molar-refractivity contribution is -0.0176. The summed E-state index contributed by atoms with van der Waals surface area (Å²) in [6, 6.07) is 3.83. The summed E-state index contributed by atoms with van der Waals surface area (Å²) >= 11 is 0. The Morgan fingerprint density at radius 1 is 1.41 bits per heavy atom. The fraction of sp³-hybridized carbons (Fsp3) is 0.643. The molecule has 0 radical (unpaired) electrons. The van der Waals surface area contributed by atoms with Crippen LogP contribution in [0.1, 0.15) is 5.56 Å². The molecule has 1 aromatic rings. The van der Waals surface area contributed by atoms with Gasteiger partial charge in [-0.05, 0) is 11.6 Å². The van der Waals surface area contributed by atoms with Crippen LogP contribution < -0.4 is 0 Å². The first-order chi connectivity index (χ1) is 10.5. The van der Waals surface area contributed by atoms with Gasteiger partial charge in [0, 0.05) is 52.7 Å². The molecule has 0 N–H and O–H groups in total. The van der Waals surface area contributed by atoms with Crippen LogP contribution in [-0.2, 0) is 21.5 Å². The Labute approximate surface area is 131 Å². The van der Waals surface area contributed by atoms with E-state index >= 15 is 0 Å². The molecule has 2 fully saturated rings. The van der Waals surface area contributed by atoms with Crippen LogP contribution in [-0.4, -0.2) is 79.4 Å². The Bertz CT molecular complexity index is 608. The zero-order valence-corrected chi connectivity index (χ0v) is 13.7. The van der Waals surface area contributed by atoms with E-state index in [-0.39, 0.29) is 12.1 Å². The van der Waals surface area contributed by atoms with E-state index < -0.39 is 10.2 Å². The van der Waals surface area contributed by atoms with Crippen molar-refractivity contribution in [3.63, 3.8) is 0 Å². The third kappa shape index (κ3) is 3.02. The Kier molecular flexibility index (Phi) is 4.47. The normalized spacial score (nSPS) is 27.2. The van der Waals surface area contributed by atoms with Crippen LogP contribution in [0.3, 0.4) is 0 Å². The number of pyridine rings is 1. The topological polar surface area (TPSA) is 66.0 Å². The second-order valence-corrected chi connectivity index (χ2v) is 8.03. The molecule has 0 spiro atoms. The SMILES string of the molecule is CN(C)S(=O)(=O)N1CCO[C@H]2CN(Cc3cccnc3)C[C@H]21. The summed E-state index contributed by atoms with van der Waals surface area (Å²) in [4.78, 5) is 6.36. The fourth-order valence-corrected chi connectivity index (χ4v) is 4.38. The molecule has 0 saturated carbocycles. The standard InChI is InChI=1S/C14H22N4O3S/c1-16(2)22(19,20)18-6-7-21-14-11-17(10-13(14)18)9-12-4-3-5-15-8-12/h3-5,8,13-14H,6-7,9-11H2,1-2H3/t13-,14+/m1/s1. The van der Waals surface area contributed by atoms with Crippen molar-refractivity contribution in [2.75, 3.05) is 40.3 Å². The first kappa shape index (κ1) is 15.8. The van der Waals surface area contributed by atoms with Gasteiger partial charge in [-0.15, -0.1) is 0 Å². The number of aromatic nitrogens is 1. The number of likely N-dealkylation sites (tertiary alicyclic amines) is 1. The Hall–Kier alpha value is -1.06. The van der Waals surface area contributed by atoms with E-state index in [1.165, 1.54) is 4.31 Å². The fourth-order valence-electron chi connectivity index (χ4n) is 3.11. The van der Waals surface area contributed by atoms with Crippen molar-refractivity contribution < 1.29 is 13.2 Å². The summed E-state index contributed by atoms with van der Waals surface area (Å²) in [5, 5.41) is 0. The van der Waals surface area contributed by atoms with Crippen molar-refractivity contribution in [1.82, 2.24) is 18.5 Å². The van der Waals surface area contributed by atoms with E-state index in [0.717, 1.165) is 18.7 Å². The Morgan fingerprint density at radius 3 is 2.91 bits per heavy atom. The van der Waals surface area contributed by atoms with Crippen LogP contribution in [0.15, 0.2) is 24.5 Å². The first-order valence-corrected chi connectivity index (χ1v) is 8.80.